The van der Waals surface area contributed by atoms with Gasteiger partial charge in [0.25, 0.3) is 0 Å². The van der Waals surface area contributed by atoms with Crippen molar-refractivity contribution in [2.24, 2.45) is 0 Å². The standard InChI is InChI=1S/C11H9Cl6NO3/c1-2-20-10(19)18-9(11(15,16)17)21-8-4-6(13)5(12)3-7(8)14/h3-4,9H,2H2,1H3,(H,18,19). The number of benzene rings is 1. The zero-order chi connectivity index (χ0) is 16.2. The third-order valence-corrected chi connectivity index (χ3v) is 3.65. The van der Waals surface area contributed by atoms with E-state index in [9.17, 15) is 4.79 Å². The van der Waals surface area contributed by atoms with E-state index in [0.717, 1.165) is 0 Å². The summed E-state index contributed by atoms with van der Waals surface area (Å²) in [6, 6.07) is 2.70. The van der Waals surface area contributed by atoms with Gasteiger partial charge in [-0.25, -0.2) is 4.79 Å². The number of halogens is 6. The first-order chi connectivity index (χ1) is 9.65. The molecule has 1 atom stereocenters. The Balaban J connectivity index is 2.97. The number of amides is 1. The molecule has 1 N–H and O–H groups in total. The highest BCUT2D eigenvalue weighted by atomic mass is 35.6. The summed E-state index contributed by atoms with van der Waals surface area (Å²) in [5.74, 6) is 0.0826. The molecule has 0 aliphatic carbocycles. The number of carbonyl (C=O) groups is 1. The number of alkyl halides is 3. The van der Waals surface area contributed by atoms with E-state index in [0.29, 0.717) is 0 Å². The first kappa shape index (κ1) is 19.1. The zero-order valence-electron chi connectivity index (χ0n) is 10.4. The average molecular weight is 416 g/mol. The van der Waals surface area contributed by atoms with Gasteiger partial charge in [-0.2, -0.15) is 0 Å². The molecular formula is C11H9Cl6NO3. The summed E-state index contributed by atoms with van der Waals surface area (Å²) < 4.78 is 8.10. The third kappa shape index (κ3) is 5.97. The highest BCUT2D eigenvalue weighted by Gasteiger charge is 2.37. The van der Waals surface area contributed by atoms with Crippen LogP contribution in [0, 0.1) is 0 Å². The highest BCUT2D eigenvalue weighted by molar-refractivity contribution is 6.68. The Bertz CT molecular complexity index is 519. The molecule has 0 aliphatic heterocycles. The van der Waals surface area contributed by atoms with E-state index < -0.39 is 16.1 Å². The van der Waals surface area contributed by atoms with Gasteiger partial charge in [-0.05, 0) is 13.0 Å². The van der Waals surface area contributed by atoms with Crippen LogP contribution < -0.4 is 10.1 Å². The van der Waals surface area contributed by atoms with E-state index in [1.807, 2.05) is 0 Å². The lowest BCUT2D eigenvalue weighted by molar-refractivity contribution is 0.115. The monoisotopic (exact) mass is 413 g/mol. The number of nitrogens with one attached hydrogen (secondary N) is 1. The maximum absolute atomic E-state index is 11.4. The van der Waals surface area contributed by atoms with Crippen LogP contribution in [0.3, 0.4) is 0 Å². The van der Waals surface area contributed by atoms with Crippen LogP contribution in [0.4, 0.5) is 4.79 Å². The van der Waals surface area contributed by atoms with Gasteiger partial charge in [0.15, 0.2) is 0 Å². The second kappa shape index (κ2) is 8.04. The maximum Gasteiger partial charge on any atom is 0.410 e. The van der Waals surface area contributed by atoms with E-state index in [1.165, 1.54) is 12.1 Å². The predicted molar refractivity (Wildman–Crippen MR) is 86.3 cm³/mol. The van der Waals surface area contributed by atoms with Gasteiger partial charge in [-0.15, -0.1) is 0 Å². The molecule has 0 heterocycles. The molecule has 1 unspecified atom stereocenters. The van der Waals surface area contributed by atoms with Gasteiger partial charge in [0.2, 0.25) is 10.0 Å². The van der Waals surface area contributed by atoms with E-state index in [4.69, 9.17) is 79.1 Å². The van der Waals surface area contributed by atoms with Gasteiger partial charge in [-0.1, -0.05) is 69.6 Å². The fraction of sp³-hybridized carbons (Fsp3) is 0.364. The van der Waals surface area contributed by atoms with Crippen LogP contribution in [0.15, 0.2) is 12.1 Å². The van der Waals surface area contributed by atoms with Crippen LogP contribution in [0.25, 0.3) is 0 Å². The summed E-state index contributed by atoms with van der Waals surface area (Å²) in [6.07, 6.45) is -2.17. The molecule has 21 heavy (non-hydrogen) atoms. The van der Waals surface area contributed by atoms with Crippen LogP contribution in [-0.4, -0.2) is 22.7 Å². The molecule has 0 saturated heterocycles. The second-order valence-corrected chi connectivity index (χ2v) is 7.19. The molecule has 0 radical (unpaired) electrons. The van der Waals surface area contributed by atoms with Crippen molar-refractivity contribution in [3.63, 3.8) is 0 Å². The first-order valence-electron chi connectivity index (χ1n) is 5.46. The Morgan fingerprint density at radius 2 is 1.76 bits per heavy atom. The lowest BCUT2D eigenvalue weighted by Crippen LogP contribution is -2.48. The normalized spacial score (nSPS) is 12.7. The molecule has 4 nitrogen and oxygen atoms in total. The molecule has 0 spiro atoms. The van der Waals surface area contributed by atoms with Crippen molar-refractivity contribution in [3.05, 3.63) is 27.2 Å². The molecule has 0 aliphatic rings. The van der Waals surface area contributed by atoms with Crippen molar-refractivity contribution in [3.8, 4) is 5.75 Å². The summed E-state index contributed by atoms with van der Waals surface area (Å²) in [6.45, 7) is 1.77. The van der Waals surface area contributed by atoms with E-state index >= 15 is 0 Å². The van der Waals surface area contributed by atoms with Crippen LogP contribution in [0.2, 0.25) is 15.1 Å². The molecule has 0 aromatic heterocycles. The third-order valence-electron chi connectivity index (χ3n) is 2.04. The van der Waals surface area contributed by atoms with Gasteiger partial charge >= 0.3 is 6.09 Å². The topological polar surface area (TPSA) is 47.6 Å². The van der Waals surface area contributed by atoms with Crippen molar-refractivity contribution in [1.82, 2.24) is 5.32 Å². The minimum atomic E-state index is -1.97. The van der Waals surface area contributed by atoms with Crippen LogP contribution in [-0.2, 0) is 4.74 Å². The summed E-state index contributed by atoms with van der Waals surface area (Å²) in [7, 11) is 0. The summed E-state index contributed by atoms with van der Waals surface area (Å²) in [4.78, 5) is 11.4. The smallest absolute Gasteiger partial charge is 0.410 e. The summed E-state index contributed by atoms with van der Waals surface area (Å²) in [5.41, 5.74) is 0. The largest absolute Gasteiger partial charge is 0.464 e. The van der Waals surface area contributed by atoms with Gasteiger partial charge in [0.1, 0.15) is 5.75 Å². The predicted octanol–water partition coefficient (Wildman–Crippen LogP) is 5.47. The Morgan fingerprint density at radius 1 is 1.19 bits per heavy atom. The first-order valence-corrected chi connectivity index (χ1v) is 7.73. The minimum Gasteiger partial charge on any atom is -0.464 e. The van der Waals surface area contributed by atoms with Gasteiger partial charge in [0, 0.05) is 6.07 Å². The summed E-state index contributed by atoms with van der Waals surface area (Å²) >= 11 is 34.9. The molecule has 0 saturated carbocycles. The van der Waals surface area contributed by atoms with Crippen LogP contribution in [0.5, 0.6) is 5.75 Å². The molecule has 1 rings (SSSR count). The Hall–Kier alpha value is 0.0300. The molecule has 1 amide bonds. The van der Waals surface area contributed by atoms with Crippen molar-refractivity contribution >= 4 is 75.7 Å². The van der Waals surface area contributed by atoms with E-state index in [2.05, 4.69) is 5.32 Å². The number of carbonyl (C=O) groups excluding carboxylic acids is 1. The Morgan fingerprint density at radius 3 is 2.29 bits per heavy atom. The molecule has 1 aromatic carbocycles. The SMILES string of the molecule is CCOC(=O)NC(Oc1cc(Cl)c(Cl)cc1Cl)C(Cl)(Cl)Cl. The van der Waals surface area contributed by atoms with Gasteiger partial charge in [-0.3, -0.25) is 5.32 Å². The molecule has 118 valence electrons. The molecule has 0 bridgehead atoms. The fourth-order valence-corrected chi connectivity index (χ4v) is 2.06. The molecule has 0 fully saturated rings. The highest BCUT2D eigenvalue weighted by Crippen LogP contribution is 2.37. The Kier molecular flexibility index (Phi) is 7.31. The molecule has 10 heteroatoms. The Labute approximate surface area is 151 Å². The number of hydrogen-bond acceptors (Lipinski definition) is 3. The lowest BCUT2D eigenvalue weighted by Gasteiger charge is -2.26. The fourth-order valence-electron chi connectivity index (χ4n) is 1.18. The van der Waals surface area contributed by atoms with Crippen molar-refractivity contribution in [1.29, 1.82) is 0 Å². The second-order valence-electron chi connectivity index (χ2n) is 3.60. The van der Waals surface area contributed by atoms with Crippen LogP contribution >= 0.6 is 69.6 Å². The molecule has 1 aromatic rings. The van der Waals surface area contributed by atoms with Gasteiger partial charge < -0.3 is 9.47 Å². The van der Waals surface area contributed by atoms with E-state index in [-0.39, 0.29) is 27.4 Å². The van der Waals surface area contributed by atoms with Crippen molar-refractivity contribution in [2.45, 2.75) is 16.9 Å². The molecular weight excluding hydrogens is 407 g/mol. The summed E-state index contributed by atoms with van der Waals surface area (Å²) in [5, 5.41) is 2.81. The van der Waals surface area contributed by atoms with Crippen molar-refractivity contribution in [2.75, 3.05) is 6.61 Å². The van der Waals surface area contributed by atoms with E-state index in [1.54, 1.807) is 6.92 Å². The van der Waals surface area contributed by atoms with Crippen LogP contribution in [0.1, 0.15) is 6.92 Å². The number of ether oxygens (including phenoxy) is 2. The number of hydrogen-bond donors (Lipinski definition) is 1. The zero-order valence-corrected chi connectivity index (χ0v) is 15.0. The van der Waals surface area contributed by atoms with Gasteiger partial charge in [0.05, 0.1) is 21.7 Å². The van der Waals surface area contributed by atoms with Crippen molar-refractivity contribution < 1.29 is 14.3 Å². The minimum absolute atomic E-state index is 0.0826. The quantitative estimate of drug-likeness (QED) is 0.403. The number of rotatable bonds is 4. The number of alkyl carbamates (subject to hydrolysis) is 1. The average Bonchev–Trinajstić information content (AvgIpc) is 2.34. The maximum atomic E-state index is 11.4. The lowest BCUT2D eigenvalue weighted by atomic mass is 10.3.